The van der Waals surface area contributed by atoms with Crippen molar-refractivity contribution in [1.29, 1.82) is 0 Å². The molecule has 0 bridgehead atoms. The SMILES string of the molecule is Cc1cc(Br)c(NC(=O)c2ccc(F)nc2)cc1[N+](=O)[O-]. The Kier molecular flexibility index (Phi) is 4.27. The van der Waals surface area contributed by atoms with E-state index in [0.29, 0.717) is 10.0 Å². The zero-order valence-electron chi connectivity index (χ0n) is 10.8. The second-order valence-electron chi connectivity index (χ2n) is 4.20. The van der Waals surface area contributed by atoms with Crippen LogP contribution >= 0.6 is 15.9 Å². The lowest BCUT2D eigenvalue weighted by atomic mass is 10.1. The Morgan fingerprint density at radius 2 is 2.14 bits per heavy atom. The number of nitrogens with zero attached hydrogens (tertiary/aromatic N) is 2. The first-order chi connectivity index (χ1) is 9.88. The van der Waals surface area contributed by atoms with Gasteiger partial charge in [-0.15, -0.1) is 0 Å². The van der Waals surface area contributed by atoms with Crippen molar-refractivity contribution in [2.24, 2.45) is 0 Å². The molecule has 8 heteroatoms. The van der Waals surface area contributed by atoms with Crippen molar-refractivity contribution in [2.45, 2.75) is 6.92 Å². The second kappa shape index (κ2) is 5.96. The van der Waals surface area contributed by atoms with Gasteiger partial charge in [-0.25, -0.2) is 4.98 Å². The van der Waals surface area contributed by atoms with Crippen LogP contribution in [0.3, 0.4) is 0 Å². The van der Waals surface area contributed by atoms with Crippen LogP contribution in [0, 0.1) is 23.0 Å². The summed E-state index contributed by atoms with van der Waals surface area (Å²) in [5.74, 6) is -1.24. The molecule has 108 valence electrons. The highest BCUT2D eigenvalue weighted by atomic mass is 79.9. The largest absolute Gasteiger partial charge is 0.321 e. The molecule has 0 radical (unpaired) electrons. The maximum atomic E-state index is 12.7. The summed E-state index contributed by atoms with van der Waals surface area (Å²) in [5.41, 5.74) is 0.757. The molecule has 6 nitrogen and oxygen atoms in total. The van der Waals surface area contributed by atoms with Crippen LogP contribution in [-0.4, -0.2) is 15.8 Å². The number of anilines is 1. The lowest BCUT2D eigenvalue weighted by Gasteiger charge is -2.08. The van der Waals surface area contributed by atoms with Crippen LogP contribution in [-0.2, 0) is 0 Å². The average molecular weight is 354 g/mol. The van der Waals surface area contributed by atoms with Gasteiger partial charge in [-0.1, -0.05) is 0 Å². The monoisotopic (exact) mass is 353 g/mol. The molecule has 21 heavy (non-hydrogen) atoms. The molecule has 0 aliphatic carbocycles. The number of hydrogen-bond acceptors (Lipinski definition) is 4. The van der Waals surface area contributed by atoms with E-state index >= 15 is 0 Å². The van der Waals surface area contributed by atoms with E-state index < -0.39 is 16.8 Å². The Morgan fingerprint density at radius 1 is 1.43 bits per heavy atom. The average Bonchev–Trinajstić information content (AvgIpc) is 2.42. The van der Waals surface area contributed by atoms with Crippen LogP contribution in [0.25, 0.3) is 0 Å². The number of nitro benzene ring substituents is 1. The highest BCUT2D eigenvalue weighted by Gasteiger charge is 2.16. The van der Waals surface area contributed by atoms with Crippen LogP contribution in [0.4, 0.5) is 15.8 Å². The van der Waals surface area contributed by atoms with E-state index in [1.54, 1.807) is 6.92 Å². The van der Waals surface area contributed by atoms with Gasteiger partial charge < -0.3 is 5.32 Å². The quantitative estimate of drug-likeness (QED) is 0.520. The van der Waals surface area contributed by atoms with Gasteiger partial charge in [0.05, 0.1) is 16.2 Å². The number of nitrogens with one attached hydrogen (secondary N) is 1. The molecule has 1 aromatic heterocycles. The number of carbonyl (C=O) groups is 1. The number of amides is 1. The topological polar surface area (TPSA) is 85.1 Å². The Morgan fingerprint density at radius 3 is 2.71 bits per heavy atom. The number of nitro groups is 1. The van der Waals surface area contributed by atoms with E-state index in [-0.39, 0.29) is 16.9 Å². The molecule has 0 spiro atoms. The molecule has 0 fully saturated rings. The number of aromatic nitrogens is 1. The lowest BCUT2D eigenvalue weighted by molar-refractivity contribution is -0.385. The second-order valence-corrected chi connectivity index (χ2v) is 5.05. The van der Waals surface area contributed by atoms with Crippen molar-refractivity contribution in [2.75, 3.05) is 5.32 Å². The molecular weight excluding hydrogens is 345 g/mol. The summed E-state index contributed by atoms with van der Waals surface area (Å²) in [7, 11) is 0. The van der Waals surface area contributed by atoms with Gasteiger partial charge in [0.25, 0.3) is 11.6 Å². The fraction of sp³-hybridized carbons (Fsp3) is 0.0769. The fourth-order valence-corrected chi connectivity index (χ4v) is 2.22. The van der Waals surface area contributed by atoms with Crippen LogP contribution < -0.4 is 5.32 Å². The molecular formula is C13H9BrFN3O3. The third-order valence-corrected chi connectivity index (χ3v) is 3.38. The fourth-order valence-electron chi connectivity index (χ4n) is 1.66. The first-order valence-corrected chi connectivity index (χ1v) is 6.55. The number of halogens is 2. The van der Waals surface area contributed by atoms with E-state index in [2.05, 4.69) is 26.2 Å². The van der Waals surface area contributed by atoms with Gasteiger partial charge in [0.1, 0.15) is 0 Å². The summed E-state index contributed by atoms with van der Waals surface area (Å²) in [6.07, 6.45) is 1.08. The molecule has 2 aromatic rings. The van der Waals surface area contributed by atoms with Crippen LogP contribution in [0.2, 0.25) is 0 Å². The molecule has 2 rings (SSSR count). The van der Waals surface area contributed by atoms with Gasteiger partial charge in [-0.05, 0) is 41.1 Å². The normalized spacial score (nSPS) is 10.2. The summed E-state index contributed by atoms with van der Waals surface area (Å²) in [6.45, 7) is 1.60. The molecule has 1 heterocycles. The Bertz CT molecular complexity index is 719. The number of hydrogen-bond donors (Lipinski definition) is 1. The van der Waals surface area contributed by atoms with Crippen molar-refractivity contribution in [1.82, 2.24) is 4.98 Å². The van der Waals surface area contributed by atoms with E-state index in [4.69, 9.17) is 0 Å². The van der Waals surface area contributed by atoms with Gasteiger partial charge in [0.15, 0.2) is 0 Å². The highest BCUT2D eigenvalue weighted by Crippen LogP contribution is 2.30. The molecule has 0 saturated heterocycles. The predicted molar refractivity (Wildman–Crippen MR) is 77.7 cm³/mol. The van der Waals surface area contributed by atoms with E-state index in [9.17, 15) is 19.3 Å². The molecule has 1 amide bonds. The molecule has 0 aliphatic heterocycles. The van der Waals surface area contributed by atoms with E-state index in [1.165, 1.54) is 18.2 Å². The third kappa shape index (κ3) is 3.40. The first kappa shape index (κ1) is 15.0. The molecule has 0 aliphatic rings. The number of pyridine rings is 1. The molecule has 1 N–H and O–H groups in total. The number of carbonyl (C=O) groups excluding carboxylic acids is 1. The van der Waals surface area contributed by atoms with Crippen molar-refractivity contribution >= 4 is 33.2 Å². The predicted octanol–water partition coefficient (Wildman–Crippen LogP) is 3.45. The number of aryl methyl sites for hydroxylation is 1. The van der Waals surface area contributed by atoms with Crippen molar-refractivity contribution in [3.8, 4) is 0 Å². The minimum Gasteiger partial charge on any atom is -0.321 e. The maximum absolute atomic E-state index is 12.7. The first-order valence-electron chi connectivity index (χ1n) is 5.76. The van der Waals surface area contributed by atoms with Crippen LogP contribution in [0.5, 0.6) is 0 Å². The van der Waals surface area contributed by atoms with Gasteiger partial charge in [-0.2, -0.15) is 4.39 Å². The van der Waals surface area contributed by atoms with Gasteiger partial charge >= 0.3 is 0 Å². The summed E-state index contributed by atoms with van der Waals surface area (Å²) in [6, 6.07) is 5.13. The zero-order valence-corrected chi connectivity index (χ0v) is 12.3. The van der Waals surface area contributed by atoms with Gasteiger partial charge in [0, 0.05) is 22.3 Å². The molecule has 0 atom stereocenters. The maximum Gasteiger partial charge on any atom is 0.274 e. The van der Waals surface area contributed by atoms with E-state index in [1.807, 2.05) is 0 Å². The third-order valence-electron chi connectivity index (χ3n) is 2.72. The molecule has 0 saturated carbocycles. The van der Waals surface area contributed by atoms with Crippen molar-refractivity contribution < 1.29 is 14.1 Å². The lowest BCUT2D eigenvalue weighted by Crippen LogP contribution is -2.13. The minimum absolute atomic E-state index is 0.106. The van der Waals surface area contributed by atoms with Crippen molar-refractivity contribution in [3.05, 3.63) is 62.1 Å². The summed E-state index contributed by atoms with van der Waals surface area (Å²) < 4.78 is 13.2. The standard InChI is InChI=1S/C13H9BrFN3O3/c1-7-4-9(14)10(5-11(7)18(20)21)17-13(19)8-2-3-12(15)16-6-8/h2-6H,1H3,(H,17,19). The van der Waals surface area contributed by atoms with Crippen LogP contribution in [0.1, 0.15) is 15.9 Å². The summed E-state index contributed by atoms with van der Waals surface area (Å²) >= 11 is 3.23. The van der Waals surface area contributed by atoms with Crippen LogP contribution in [0.15, 0.2) is 34.9 Å². The van der Waals surface area contributed by atoms with E-state index in [0.717, 1.165) is 12.3 Å². The summed E-state index contributed by atoms with van der Waals surface area (Å²) in [4.78, 5) is 25.7. The smallest absolute Gasteiger partial charge is 0.274 e. The van der Waals surface area contributed by atoms with Crippen molar-refractivity contribution in [3.63, 3.8) is 0 Å². The van der Waals surface area contributed by atoms with Gasteiger partial charge in [-0.3, -0.25) is 14.9 Å². The Labute approximate surface area is 127 Å². The minimum atomic E-state index is -0.696. The van der Waals surface area contributed by atoms with Gasteiger partial charge in [0.2, 0.25) is 5.95 Å². The highest BCUT2D eigenvalue weighted by molar-refractivity contribution is 9.10. The molecule has 0 unspecified atom stereocenters. The Balaban J connectivity index is 2.30. The number of rotatable bonds is 3. The number of benzene rings is 1. The molecule has 1 aromatic carbocycles. The Hall–Kier alpha value is -2.35. The summed E-state index contributed by atoms with van der Waals surface area (Å²) in [5, 5.41) is 13.4. The zero-order chi connectivity index (χ0) is 15.6.